The normalized spacial score (nSPS) is 15.3. The maximum absolute atomic E-state index is 13.1. The van der Waals surface area contributed by atoms with Gasteiger partial charge in [0, 0.05) is 67.0 Å². The SMILES string of the molecule is CC(C)c1ccc(O)c(C(=N)N(C(N)=O)c2ccc3c(ccn3CCC(=O)Nc3cccc4c3CN(C3CCC(=O)NC3=O)C4=O)c2)c1.CO. The summed E-state index contributed by atoms with van der Waals surface area (Å²) >= 11 is 0. The minimum absolute atomic E-state index is 0.115. The van der Waals surface area contributed by atoms with Crippen molar-refractivity contribution in [3.05, 3.63) is 89.1 Å². The molecule has 14 nitrogen and oxygen atoms in total. The highest BCUT2D eigenvalue weighted by molar-refractivity contribution is 6.22. The highest BCUT2D eigenvalue weighted by Gasteiger charge is 2.40. The van der Waals surface area contributed by atoms with Crippen molar-refractivity contribution in [2.24, 2.45) is 5.73 Å². The Bertz CT molecular complexity index is 2020. The number of urea groups is 1. The number of carbonyl (C=O) groups excluding carboxylic acids is 5. The summed E-state index contributed by atoms with van der Waals surface area (Å²) in [7, 11) is 1.00. The van der Waals surface area contributed by atoms with Gasteiger partial charge in [0.05, 0.1) is 11.3 Å². The molecule has 1 aromatic heterocycles. The van der Waals surface area contributed by atoms with Crippen LogP contribution in [0.25, 0.3) is 10.9 Å². The van der Waals surface area contributed by atoms with Crippen LogP contribution in [-0.2, 0) is 27.5 Å². The summed E-state index contributed by atoms with van der Waals surface area (Å²) in [4.78, 5) is 65.2. The zero-order valence-corrected chi connectivity index (χ0v) is 27.9. The lowest BCUT2D eigenvalue weighted by Crippen LogP contribution is -2.52. The van der Waals surface area contributed by atoms with Crippen LogP contribution in [0.2, 0.25) is 0 Å². The number of nitrogens with zero attached hydrogens (tertiary/aromatic N) is 3. The van der Waals surface area contributed by atoms with Crippen LogP contribution >= 0.6 is 0 Å². The number of benzene rings is 3. The van der Waals surface area contributed by atoms with E-state index in [4.69, 9.17) is 16.2 Å². The lowest BCUT2D eigenvalue weighted by atomic mass is 9.99. The van der Waals surface area contributed by atoms with Crippen LogP contribution in [0.3, 0.4) is 0 Å². The van der Waals surface area contributed by atoms with E-state index in [2.05, 4.69) is 10.6 Å². The first-order valence-corrected chi connectivity index (χ1v) is 16.0. The topological polar surface area (TPSA) is 211 Å². The number of phenolic OH excluding ortho intramolecular Hbond substituents is 1. The fourth-order valence-electron chi connectivity index (χ4n) is 6.25. The summed E-state index contributed by atoms with van der Waals surface area (Å²) < 4.78 is 1.89. The summed E-state index contributed by atoms with van der Waals surface area (Å²) in [6.07, 6.45) is 2.33. The summed E-state index contributed by atoms with van der Waals surface area (Å²) in [6.45, 7) is 4.45. The number of piperidine rings is 1. The van der Waals surface area contributed by atoms with Crippen molar-refractivity contribution in [1.29, 1.82) is 5.41 Å². The van der Waals surface area contributed by atoms with Crippen LogP contribution in [0.4, 0.5) is 16.2 Å². The molecule has 6 amide bonds. The Kier molecular flexibility index (Phi) is 10.3. The molecule has 7 N–H and O–H groups in total. The molecule has 2 aliphatic rings. The van der Waals surface area contributed by atoms with Gasteiger partial charge in [-0.15, -0.1) is 0 Å². The third kappa shape index (κ3) is 6.91. The molecule has 3 aromatic carbocycles. The molecule has 4 aromatic rings. The standard InChI is InChI=1S/C35H35N7O6.CH4O/c1-19(2)20-6-10-29(43)24(17-20)32(36)42(35(37)48)22-7-8-27-21(16-22)12-14-40(27)15-13-31(45)38-26-5-3-4-23-25(26)18-41(34(23)47)28-9-11-30(44)39-33(28)46;1-2/h3-8,10,12,14,16-17,19,28,36,43H,9,11,13,15,18H2,1-2H3,(H2,37,48)(H,38,45)(H,39,44,46);2H,1H3. The Hall–Kier alpha value is -6.02. The van der Waals surface area contributed by atoms with Gasteiger partial charge < -0.3 is 30.7 Å². The number of anilines is 2. The number of rotatable bonds is 8. The Balaban J connectivity index is 0.00000239. The number of amides is 6. The average Bonchev–Trinajstić information content (AvgIpc) is 3.65. The van der Waals surface area contributed by atoms with E-state index in [-0.39, 0.29) is 66.6 Å². The van der Waals surface area contributed by atoms with E-state index in [0.717, 1.165) is 28.5 Å². The molecule has 6 rings (SSSR count). The number of phenols is 1. The maximum Gasteiger partial charge on any atom is 0.325 e. The second-order valence-corrected chi connectivity index (χ2v) is 12.2. The number of aliphatic hydroxyl groups excluding tert-OH is 1. The van der Waals surface area contributed by atoms with Crippen LogP contribution in [0.1, 0.15) is 66.1 Å². The number of imide groups is 1. The van der Waals surface area contributed by atoms with Crippen molar-refractivity contribution in [3.63, 3.8) is 0 Å². The molecule has 3 heterocycles. The smallest absolute Gasteiger partial charge is 0.325 e. The molecule has 2 aliphatic heterocycles. The highest BCUT2D eigenvalue weighted by Crippen LogP contribution is 2.33. The summed E-state index contributed by atoms with van der Waals surface area (Å²) in [5, 5.41) is 32.2. The van der Waals surface area contributed by atoms with Gasteiger partial charge in [0.1, 0.15) is 17.6 Å². The molecule has 1 atom stereocenters. The van der Waals surface area contributed by atoms with E-state index in [1.54, 1.807) is 48.5 Å². The van der Waals surface area contributed by atoms with Crippen LogP contribution in [-0.4, -0.2) is 68.3 Å². The van der Waals surface area contributed by atoms with Gasteiger partial charge in [0.25, 0.3) is 5.91 Å². The molecule has 1 unspecified atom stereocenters. The van der Waals surface area contributed by atoms with E-state index in [1.807, 2.05) is 30.7 Å². The van der Waals surface area contributed by atoms with Crippen molar-refractivity contribution in [3.8, 4) is 5.75 Å². The molecule has 1 saturated heterocycles. The average molecular weight is 682 g/mol. The molecule has 50 heavy (non-hydrogen) atoms. The Morgan fingerprint density at radius 3 is 2.54 bits per heavy atom. The summed E-state index contributed by atoms with van der Waals surface area (Å²) in [5.41, 5.74) is 9.44. The molecule has 14 heteroatoms. The van der Waals surface area contributed by atoms with Crippen LogP contribution in [0, 0.1) is 5.41 Å². The molecular formula is C36H39N7O7. The lowest BCUT2D eigenvalue weighted by Gasteiger charge is -2.29. The number of hydrogen-bond acceptors (Lipinski definition) is 8. The number of carbonyl (C=O) groups is 5. The van der Waals surface area contributed by atoms with Gasteiger partial charge in [0.2, 0.25) is 17.7 Å². The van der Waals surface area contributed by atoms with Crippen molar-refractivity contribution < 1.29 is 34.2 Å². The van der Waals surface area contributed by atoms with Crippen LogP contribution < -0.4 is 21.3 Å². The molecule has 1 fully saturated rings. The minimum Gasteiger partial charge on any atom is -0.507 e. The molecular weight excluding hydrogens is 642 g/mol. The lowest BCUT2D eigenvalue weighted by molar-refractivity contribution is -0.137. The quantitative estimate of drug-likeness (QED) is 0.0920. The number of fused-ring (bicyclic) bond motifs is 2. The van der Waals surface area contributed by atoms with Gasteiger partial charge >= 0.3 is 6.03 Å². The number of aromatic hydroxyl groups is 1. The summed E-state index contributed by atoms with van der Waals surface area (Å²) in [5.74, 6) is -1.70. The highest BCUT2D eigenvalue weighted by atomic mass is 16.3. The van der Waals surface area contributed by atoms with E-state index >= 15 is 0 Å². The first-order valence-electron chi connectivity index (χ1n) is 16.0. The molecule has 260 valence electrons. The van der Waals surface area contributed by atoms with E-state index in [9.17, 15) is 29.1 Å². The predicted octanol–water partition coefficient (Wildman–Crippen LogP) is 3.78. The van der Waals surface area contributed by atoms with E-state index < -0.39 is 18.0 Å². The second kappa shape index (κ2) is 14.6. The zero-order valence-electron chi connectivity index (χ0n) is 27.9. The van der Waals surface area contributed by atoms with Crippen molar-refractivity contribution in [2.45, 2.75) is 58.2 Å². The van der Waals surface area contributed by atoms with Gasteiger partial charge in [-0.05, 0) is 66.4 Å². The monoisotopic (exact) mass is 681 g/mol. The van der Waals surface area contributed by atoms with Crippen molar-refractivity contribution >= 4 is 57.8 Å². The number of nitrogens with two attached hydrogens (primary N) is 1. The number of nitrogens with one attached hydrogen (secondary N) is 3. The molecule has 0 spiro atoms. The number of aromatic nitrogens is 1. The Labute approximate surface area is 288 Å². The van der Waals surface area contributed by atoms with Gasteiger partial charge in [-0.2, -0.15) is 0 Å². The molecule has 0 aliphatic carbocycles. The molecule has 0 bridgehead atoms. The molecule has 0 radical (unpaired) electrons. The Morgan fingerprint density at radius 1 is 1.08 bits per heavy atom. The largest absolute Gasteiger partial charge is 0.507 e. The third-order valence-corrected chi connectivity index (χ3v) is 8.84. The van der Waals surface area contributed by atoms with Crippen molar-refractivity contribution in [1.82, 2.24) is 14.8 Å². The second-order valence-electron chi connectivity index (χ2n) is 12.2. The first kappa shape index (κ1) is 35.3. The van der Waals surface area contributed by atoms with E-state index in [0.29, 0.717) is 29.0 Å². The van der Waals surface area contributed by atoms with Gasteiger partial charge in [-0.1, -0.05) is 26.0 Å². The van der Waals surface area contributed by atoms with Crippen molar-refractivity contribution in [2.75, 3.05) is 17.3 Å². The predicted molar refractivity (Wildman–Crippen MR) is 187 cm³/mol. The third-order valence-electron chi connectivity index (χ3n) is 8.84. The van der Waals surface area contributed by atoms with Gasteiger partial charge in [-0.25, -0.2) is 9.69 Å². The maximum atomic E-state index is 13.1. The van der Waals surface area contributed by atoms with Crippen LogP contribution in [0.15, 0.2) is 66.9 Å². The van der Waals surface area contributed by atoms with Gasteiger partial charge in [-0.3, -0.25) is 29.9 Å². The van der Waals surface area contributed by atoms with Crippen LogP contribution in [0.5, 0.6) is 5.75 Å². The van der Waals surface area contributed by atoms with E-state index in [1.165, 1.54) is 11.0 Å². The Morgan fingerprint density at radius 2 is 1.84 bits per heavy atom. The molecule has 0 saturated carbocycles. The fraction of sp³-hybridized carbons (Fsp3) is 0.278. The van der Waals surface area contributed by atoms with Gasteiger partial charge in [0.15, 0.2) is 0 Å². The number of aryl methyl sites for hydroxylation is 1. The fourth-order valence-corrected chi connectivity index (χ4v) is 6.25. The summed E-state index contributed by atoms with van der Waals surface area (Å²) in [6, 6.07) is 15.3. The zero-order chi connectivity index (χ0) is 36.3. The number of aliphatic hydroxyl groups is 1. The number of amidine groups is 1. The number of primary amides is 1. The first-order chi connectivity index (χ1) is 23.9. The minimum atomic E-state index is -0.876. The number of hydrogen-bond donors (Lipinski definition) is 6.